The van der Waals surface area contributed by atoms with Gasteiger partial charge in [-0.1, -0.05) is 71.9 Å². The molecule has 4 aromatic rings. The number of hydrogen-bond acceptors (Lipinski definition) is 5. The maximum atomic E-state index is 4.79. The molecule has 0 aliphatic carbocycles. The first-order chi connectivity index (χ1) is 14.2. The van der Waals surface area contributed by atoms with Gasteiger partial charge in [0.05, 0.1) is 10.7 Å². The lowest BCUT2D eigenvalue weighted by Crippen LogP contribution is -2.01. The molecule has 0 bridgehead atoms. The highest BCUT2D eigenvalue weighted by molar-refractivity contribution is 7.98. The summed E-state index contributed by atoms with van der Waals surface area (Å²) in [4.78, 5) is 4.79. The zero-order valence-corrected chi connectivity index (χ0v) is 17.9. The van der Waals surface area contributed by atoms with Crippen molar-refractivity contribution in [2.45, 2.75) is 30.8 Å². The Labute approximate surface area is 179 Å². The van der Waals surface area contributed by atoms with Crippen LogP contribution in [-0.2, 0) is 18.7 Å². The van der Waals surface area contributed by atoms with Crippen molar-refractivity contribution in [3.63, 3.8) is 0 Å². The molecule has 0 aliphatic rings. The second kappa shape index (κ2) is 9.20. The smallest absolute Gasteiger partial charge is 0.192 e. The molecule has 4 nitrogen and oxygen atoms in total. The van der Waals surface area contributed by atoms with E-state index in [2.05, 4.69) is 76.1 Å². The number of aromatic nitrogens is 4. The number of rotatable bonds is 8. The van der Waals surface area contributed by atoms with Crippen molar-refractivity contribution in [2.24, 2.45) is 0 Å². The first-order valence-corrected chi connectivity index (χ1v) is 11.3. The van der Waals surface area contributed by atoms with Gasteiger partial charge in [-0.25, -0.2) is 4.98 Å². The van der Waals surface area contributed by atoms with Gasteiger partial charge in [0, 0.05) is 29.7 Å². The van der Waals surface area contributed by atoms with Gasteiger partial charge in [0.2, 0.25) is 0 Å². The van der Waals surface area contributed by atoms with Gasteiger partial charge in [0.1, 0.15) is 0 Å². The number of hydrogen-bond donors (Lipinski definition) is 0. The highest BCUT2D eigenvalue weighted by Gasteiger charge is 2.14. The predicted molar refractivity (Wildman–Crippen MR) is 121 cm³/mol. The summed E-state index contributed by atoms with van der Waals surface area (Å²) in [6.07, 6.45) is 2.76. The lowest BCUT2D eigenvalue weighted by Gasteiger charge is -2.07. The molecular weight excluding hydrogens is 396 g/mol. The Morgan fingerprint density at radius 1 is 1.10 bits per heavy atom. The second-order valence-corrected chi connectivity index (χ2v) is 8.64. The van der Waals surface area contributed by atoms with Crippen LogP contribution < -0.4 is 0 Å². The van der Waals surface area contributed by atoms with E-state index < -0.39 is 0 Å². The van der Waals surface area contributed by atoms with Crippen LogP contribution >= 0.6 is 23.1 Å². The molecule has 0 atom stereocenters. The van der Waals surface area contributed by atoms with Crippen molar-refractivity contribution >= 4 is 23.1 Å². The molecule has 0 amide bonds. The monoisotopic (exact) mass is 418 g/mol. The van der Waals surface area contributed by atoms with Crippen molar-refractivity contribution in [2.75, 3.05) is 0 Å². The summed E-state index contributed by atoms with van der Waals surface area (Å²) in [5.41, 5.74) is 4.65. The van der Waals surface area contributed by atoms with E-state index in [1.807, 2.05) is 18.2 Å². The zero-order valence-electron chi connectivity index (χ0n) is 16.3. The van der Waals surface area contributed by atoms with Crippen LogP contribution in [-0.4, -0.2) is 19.7 Å². The average molecular weight is 419 g/mol. The van der Waals surface area contributed by atoms with E-state index in [0.717, 1.165) is 39.4 Å². The van der Waals surface area contributed by atoms with Crippen molar-refractivity contribution in [3.8, 4) is 11.4 Å². The zero-order chi connectivity index (χ0) is 20.1. The summed E-state index contributed by atoms with van der Waals surface area (Å²) < 4.78 is 2.11. The molecule has 0 radical (unpaired) electrons. The molecule has 2 aromatic heterocycles. The van der Waals surface area contributed by atoms with Crippen LogP contribution in [0.15, 0.2) is 77.8 Å². The predicted octanol–water partition coefficient (Wildman–Crippen LogP) is 5.78. The molecule has 0 saturated heterocycles. The van der Waals surface area contributed by atoms with Gasteiger partial charge in [-0.2, -0.15) is 0 Å². The Morgan fingerprint density at radius 2 is 1.97 bits per heavy atom. The minimum Gasteiger partial charge on any atom is -0.298 e. The maximum absolute atomic E-state index is 4.79. The molecule has 0 N–H and O–H groups in total. The molecule has 4 rings (SSSR count). The van der Waals surface area contributed by atoms with Crippen molar-refractivity contribution < 1.29 is 0 Å². The molecule has 0 unspecified atom stereocenters. The number of nitrogens with zero attached hydrogens (tertiary/aromatic N) is 4. The van der Waals surface area contributed by atoms with Crippen molar-refractivity contribution in [3.05, 3.63) is 94.5 Å². The standard InChI is InChI=1S/C23H22N4S2/c1-3-12-27-22(19-11-7-8-17(2)13-19)25-26-23(27)29-16-20-15-28-21(24-20)14-18-9-5-4-6-10-18/h3-11,13,15H,1,12,14,16H2,2H3. The summed E-state index contributed by atoms with van der Waals surface area (Å²) in [5.74, 6) is 1.65. The molecule has 146 valence electrons. The molecule has 2 aromatic carbocycles. The Hall–Kier alpha value is -2.70. The molecule has 0 fully saturated rings. The van der Waals surface area contributed by atoms with Crippen molar-refractivity contribution in [1.29, 1.82) is 0 Å². The van der Waals surface area contributed by atoms with E-state index in [1.54, 1.807) is 23.1 Å². The third kappa shape index (κ3) is 4.83. The maximum Gasteiger partial charge on any atom is 0.192 e. The van der Waals surface area contributed by atoms with Gasteiger partial charge >= 0.3 is 0 Å². The van der Waals surface area contributed by atoms with Crippen LogP contribution in [0.4, 0.5) is 0 Å². The van der Waals surface area contributed by atoms with E-state index in [0.29, 0.717) is 6.54 Å². The molecule has 0 saturated carbocycles. The summed E-state index contributed by atoms with van der Waals surface area (Å²) in [5, 5.41) is 13.0. The van der Waals surface area contributed by atoms with Gasteiger partial charge in [-0.05, 0) is 18.6 Å². The van der Waals surface area contributed by atoms with E-state index in [-0.39, 0.29) is 0 Å². The lowest BCUT2D eigenvalue weighted by molar-refractivity contribution is 0.731. The normalized spacial score (nSPS) is 10.9. The van der Waals surface area contributed by atoms with Gasteiger partial charge in [0.25, 0.3) is 0 Å². The molecule has 6 heteroatoms. The highest BCUT2D eigenvalue weighted by atomic mass is 32.2. The van der Waals surface area contributed by atoms with Crippen LogP contribution in [0.2, 0.25) is 0 Å². The van der Waals surface area contributed by atoms with E-state index in [9.17, 15) is 0 Å². The number of aryl methyl sites for hydroxylation is 1. The molecular formula is C23H22N4S2. The largest absolute Gasteiger partial charge is 0.298 e. The highest BCUT2D eigenvalue weighted by Crippen LogP contribution is 2.27. The van der Waals surface area contributed by atoms with Gasteiger partial charge in [0.15, 0.2) is 11.0 Å². The number of thiazole rings is 1. The van der Waals surface area contributed by atoms with Crippen LogP contribution in [0, 0.1) is 6.92 Å². The summed E-state index contributed by atoms with van der Waals surface area (Å²) >= 11 is 3.38. The van der Waals surface area contributed by atoms with Crippen LogP contribution in [0.25, 0.3) is 11.4 Å². The average Bonchev–Trinajstić information content (AvgIpc) is 3.34. The second-order valence-electron chi connectivity index (χ2n) is 6.76. The van der Waals surface area contributed by atoms with Crippen LogP contribution in [0.1, 0.15) is 21.8 Å². The minimum absolute atomic E-state index is 0.676. The van der Waals surface area contributed by atoms with Crippen LogP contribution in [0.5, 0.6) is 0 Å². The summed E-state index contributed by atoms with van der Waals surface area (Å²) in [6.45, 7) is 6.66. The molecule has 29 heavy (non-hydrogen) atoms. The van der Waals surface area contributed by atoms with E-state index in [4.69, 9.17) is 4.98 Å². The van der Waals surface area contributed by atoms with Gasteiger partial charge in [-0.15, -0.1) is 28.1 Å². The van der Waals surface area contributed by atoms with Gasteiger partial charge < -0.3 is 0 Å². The Bertz CT molecular complexity index is 1100. The number of allylic oxidation sites excluding steroid dienone is 1. The lowest BCUT2D eigenvalue weighted by atomic mass is 10.1. The fourth-order valence-corrected chi connectivity index (χ4v) is 4.87. The number of thioether (sulfide) groups is 1. The minimum atomic E-state index is 0.676. The third-order valence-corrected chi connectivity index (χ3v) is 6.35. The Kier molecular flexibility index (Phi) is 6.22. The van der Waals surface area contributed by atoms with E-state index >= 15 is 0 Å². The van der Waals surface area contributed by atoms with E-state index in [1.165, 1.54) is 11.1 Å². The third-order valence-electron chi connectivity index (χ3n) is 4.45. The fraction of sp³-hybridized carbons (Fsp3) is 0.174. The van der Waals surface area contributed by atoms with Gasteiger partial charge in [-0.3, -0.25) is 4.57 Å². The topological polar surface area (TPSA) is 43.6 Å². The summed E-state index contributed by atoms with van der Waals surface area (Å²) in [7, 11) is 0. The first kappa shape index (κ1) is 19.6. The quantitative estimate of drug-likeness (QED) is 0.269. The summed E-state index contributed by atoms with van der Waals surface area (Å²) in [6, 6.07) is 18.8. The van der Waals surface area contributed by atoms with Crippen molar-refractivity contribution in [1.82, 2.24) is 19.7 Å². The first-order valence-electron chi connectivity index (χ1n) is 9.44. The Morgan fingerprint density at radius 3 is 2.76 bits per heavy atom. The number of benzene rings is 2. The molecule has 0 spiro atoms. The fourth-order valence-electron chi connectivity index (χ4n) is 3.09. The van der Waals surface area contributed by atoms with Crippen LogP contribution in [0.3, 0.4) is 0 Å². The SMILES string of the molecule is C=CCn1c(SCc2csc(Cc3ccccc3)n2)nnc1-c1cccc(C)c1. The Balaban J connectivity index is 1.48. The molecule has 2 heterocycles. The molecule has 0 aliphatic heterocycles.